The third-order valence-corrected chi connectivity index (χ3v) is 1.86. The number of rotatable bonds is 5. The van der Waals surface area contributed by atoms with Crippen molar-refractivity contribution >= 4 is 12.1 Å². The minimum Gasteiger partial charge on any atom is -0.411 e. The SMILES string of the molecule is O=C(NCCCO)c1ccc(C=NO)nc1. The molecule has 1 rings (SSSR count). The molecular formula is C10H13N3O3. The quantitative estimate of drug-likeness (QED) is 0.283. The summed E-state index contributed by atoms with van der Waals surface area (Å²) in [6, 6.07) is 3.15. The summed E-state index contributed by atoms with van der Waals surface area (Å²) in [5, 5.41) is 22.3. The molecule has 0 atom stereocenters. The van der Waals surface area contributed by atoms with E-state index in [1.54, 1.807) is 12.1 Å². The summed E-state index contributed by atoms with van der Waals surface area (Å²) < 4.78 is 0. The maximum absolute atomic E-state index is 11.5. The van der Waals surface area contributed by atoms with E-state index in [-0.39, 0.29) is 12.5 Å². The first-order valence-corrected chi connectivity index (χ1v) is 4.80. The summed E-state index contributed by atoms with van der Waals surface area (Å²) in [5.74, 6) is -0.242. The first-order chi connectivity index (χ1) is 7.77. The Kier molecular flexibility index (Phi) is 4.94. The standard InChI is InChI=1S/C10H13N3O3/c14-5-1-4-11-10(15)8-2-3-9(7-13-16)12-6-8/h2-3,6-7,14,16H,1,4-5H2,(H,11,15). The van der Waals surface area contributed by atoms with Crippen molar-refractivity contribution in [1.82, 2.24) is 10.3 Å². The summed E-state index contributed by atoms with van der Waals surface area (Å²) in [6.07, 6.45) is 3.09. The van der Waals surface area contributed by atoms with Crippen molar-refractivity contribution in [3.05, 3.63) is 29.6 Å². The van der Waals surface area contributed by atoms with Gasteiger partial charge in [-0.05, 0) is 18.6 Å². The highest BCUT2D eigenvalue weighted by molar-refractivity contribution is 5.94. The van der Waals surface area contributed by atoms with Gasteiger partial charge in [-0.25, -0.2) is 0 Å². The van der Waals surface area contributed by atoms with Gasteiger partial charge in [-0.1, -0.05) is 5.16 Å². The predicted octanol–water partition coefficient (Wildman–Crippen LogP) is 0.00190. The molecule has 0 saturated heterocycles. The largest absolute Gasteiger partial charge is 0.411 e. The van der Waals surface area contributed by atoms with Crippen LogP contribution >= 0.6 is 0 Å². The number of nitrogens with one attached hydrogen (secondary N) is 1. The minimum absolute atomic E-state index is 0.0461. The second kappa shape index (κ2) is 6.52. The second-order valence-electron chi connectivity index (χ2n) is 3.05. The zero-order chi connectivity index (χ0) is 11.8. The smallest absolute Gasteiger partial charge is 0.252 e. The van der Waals surface area contributed by atoms with Crippen LogP contribution in [-0.2, 0) is 0 Å². The number of aromatic nitrogens is 1. The molecule has 0 aromatic carbocycles. The molecule has 0 aliphatic carbocycles. The van der Waals surface area contributed by atoms with Crippen LogP contribution in [0.1, 0.15) is 22.5 Å². The summed E-state index contributed by atoms with van der Waals surface area (Å²) in [4.78, 5) is 15.4. The maximum atomic E-state index is 11.5. The van der Waals surface area contributed by atoms with E-state index in [9.17, 15) is 4.79 Å². The van der Waals surface area contributed by atoms with Gasteiger partial charge >= 0.3 is 0 Å². The van der Waals surface area contributed by atoms with Gasteiger partial charge in [-0.15, -0.1) is 0 Å². The fourth-order valence-electron chi connectivity index (χ4n) is 1.06. The zero-order valence-electron chi connectivity index (χ0n) is 8.63. The molecule has 16 heavy (non-hydrogen) atoms. The molecule has 0 saturated carbocycles. The number of nitrogens with zero attached hydrogens (tertiary/aromatic N) is 2. The number of aliphatic hydroxyl groups excluding tert-OH is 1. The third kappa shape index (κ3) is 3.66. The van der Waals surface area contributed by atoms with Gasteiger partial charge in [0, 0.05) is 19.3 Å². The molecular weight excluding hydrogens is 210 g/mol. The molecule has 1 amide bonds. The van der Waals surface area contributed by atoms with Crippen molar-refractivity contribution in [2.75, 3.05) is 13.2 Å². The number of hydrogen-bond acceptors (Lipinski definition) is 5. The van der Waals surface area contributed by atoms with Crippen LogP contribution < -0.4 is 5.32 Å². The Bertz CT molecular complexity index is 362. The molecule has 86 valence electrons. The normalized spacial score (nSPS) is 10.6. The molecule has 0 fully saturated rings. The monoisotopic (exact) mass is 223 g/mol. The molecule has 6 nitrogen and oxygen atoms in total. The van der Waals surface area contributed by atoms with Crippen molar-refractivity contribution in [3.8, 4) is 0 Å². The van der Waals surface area contributed by atoms with Crippen molar-refractivity contribution in [2.45, 2.75) is 6.42 Å². The summed E-state index contributed by atoms with van der Waals surface area (Å²) in [6.45, 7) is 0.472. The van der Waals surface area contributed by atoms with Crippen molar-refractivity contribution < 1.29 is 15.1 Å². The van der Waals surface area contributed by atoms with Crippen LogP contribution in [0.4, 0.5) is 0 Å². The van der Waals surface area contributed by atoms with Crippen molar-refractivity contribution in [3.63, 3.8) is 0 Å². The molecule has 1 aromatic rings. The average Bonchev–Trinajstić information content (AvgIpc) is 2.30. The fourth-order valence-corrected chi connectivity index (χ4v) is 1.06. The number of amides is 1. The van der Waals surface area contributed by atoms with Crippen LogP contribution in [0.5, 0.6) is 0 Å². The van der Waals surface area contributed by atoms with E-state index in [1.807, 2.05) is 0 Å². The lowest BCUT2D eigenvalue weighted by Crippen LogP contribution is -2.25. The van der Waals surface area contributed by atoms with Gasteiger partial charge in [0.25, 0.3) is 5.91 Å². The van der Waals surface area contributed by atoms with E-state index in [4.69, 9.17) is 10.3 Å². The van der Waals surface area contributed by atoms with Crippen LogP contribution in [0.15, 0.2) is 23.5 Å². The number of oxime groups is 1. The number of hydrogen-bond donors (Lipinski definition) is 3. The molecule has 0 radical (unpaired) electrons. The van der Waals surface area contributed by atoms with Gasteiger partial charge in [0.1, 0.15) is 0 Å². The van der Waals surface area contributed by atoms with Crippen LogP contribution in [-0.4, -0.2) is 40.6 Å². The lowest BCUT2D eigenvalue weighted by molar-refractivity contribution is 0.0951. The summed E-state index contributed by atoms with van der Waals surface area (Å²) >= 11 is 0. The van der Waals surface area contributed by atoms with Crippen molar-refractivity contribution in [1.29, 1.82) is 0 Å². The van der Waals surface area contributed by atoms with Gasteiger partial charge in [0.05, 0.1) is 17.5 Å². The zero-order valence-corrected chi connectivity index (χ0v) is 8.63. The van der Waals surface area contributed by atoms with E-state index in [2.05, 4.69) is 15.5 Å². The molecule has 1 aromatic heterocycles. The highest BCUT2D eigenvalue weighted by Gasteiger charge is 2.04. The molecule has 6 heteroatoms. The molecule has 0 aliphatic rings. The lowest BCUT2D eigenvalue weighted by atomic mass is 10.2. The van der Waals surface area contributed by atoms with E-state index in [0.717, 1.165) is 0 Å². The highest BCUT2D eigenvalue weighted by atomic mass is 16.4. The molecule has 3 N–H and O–H groups in total. The lowest BCUT2D eigenvalue weighted by Gasteiger charge is -2.03. The van der Waals surface area contributed by atoms with Crippen LogP contribution in [0.25, 0.3) is 0 Å². The third-order valence-electron chi connectivity index (χ3n) is 1.86. The first-order valence-electron chi connectivity index (χ1n) is 4.80. The summed E-state index contributed by atoms with van der Waals surface area (Å²) in [5.41, 5.74) is 0.891. The maximum Gasteiger partial charge on any atom is 0.252 e. The molecule has 0 aliphatic heterocycles. The van der Waals surface area contributed by atoms with Gasteiger partial charge in [-0.3, -0.25) is 9.78 Å². The van der Waals surface area contributed by atoms with E-state index >= 15 is 0 Å². The van der Waals surface area contributed by atoms with Gasteiger partial charge in [0.15, 0.2) is 0 Å². The minimum atomic E-state index is -0.242. The Labute approximate surface area is 92.6 Å². The Hall–Kier alpha value is -1.95. The number of carbonyl (C=O) groups excluding carboxylic acids is 1. The number of pyridine rings is 1. The average molecular weight is 223 g/mol. The predicted molar refractivity (Wildman–Crippen MR) is 57.7 cm³/mol. The van der Waals surface area contributed by atoms with Crippen molar-refractivity contribution in [2.24, 2.45) is 5.16 Å². The Morgan fingerprint density at radius 2 is 2.38 bits per heavy atom. The molecule has 1 heterocycles. The van der Waals surface area contributed by atoms with E-state index in [1.165, 1.54) is 12.4 Å². The number of aliphatic hydroxyl groups is 1. The number of carbonyl (C=O) groups is 1. The fraction of sp³-hybridized carbons (Fsp3) is 0.300. The first kappa shape index (κ1) is 12.1. The van der Waals surface area contributed by atoms with Gasteiger partial charge in [0.2, 0.25) is 0 Å². The molecule has 0 unspecified atom stereocenters. The van der Waals surface area contributed by atoms with Gasteiger partial charge < -0.3 is 15.6 Å². The molecule has 0 bridgehead atoms. The van der Waals surface area contributed by atoms with Crippen LogP contribution in [0, 0.1) is 0 Å². The molecule has 0 spiro atoms. The topological polar surface area (TPSA) is 94.8 Å². The summed E-state index contributed by atoms with van der Waals surface area (Å²) in [7, 11) is 0. The van der Waals surface area contributed by atoms with Gasteiger partial charge in [-0.2, -0.15) is 0 Å². The van der Waals surface area contributed by atoms with E-state index in [0.29, 0.717) is 24.2 Å². The Morgan fingerprint density at radius 3 is 2.94 bits per heavy atom. The second-order valence-corrected chi connectivity index (χ2v) is 3.05. The Morgan fingerprint density at radius 1 is 1.56 bits per heavy atom. The van der Waals surface area contributed by atoms with E-state index < -0.39 is 0 Å². The Balaban J connectivity index is 2.56. The highest BCUT2D eigenvalue weighted by Crippen LogP contribution is 1.98. The van der Waals surface area contributed by atoms with Crippen LogP contribution in [0.2, 0.25) is 0 Å². The van der Waals surface area contributed by atoms with Crippen LogP contribution in [0.3, 0.4) is 0 Å².